The predicted octanol–water partition coefficient (Wildman–Crippen LogP) is 3.17. The molecule has 1 amide bonds. The number of amides is 1. The largest absolute Gasteiger partial charge is 0.348 e. The Morgan fingerprint density at radius 1 is 1.38 bits per heavy atom. The van der Waals surface area contributed by atoms with Gasteiger partial charge in [0.1, 0.15) is 5.82 Å². The molecule has 0 aliphatic heterocycles. The van der Waals surface area contributed by atoms with Crippen LogP contribution in [0.1, 0.15) is 21.5 Å². The van der Waals surface area contributed by atoms with Crippen LogP contribution in [0.15, 0.2) is 22.9 Å². The number of nitrogens with zero attached hydrogens (tertiary/aromatic N) is 1. The van der Waals surface area contributed by atoms with E-state index in [9.17, 15) is 23.7 Å². The van der Waals surface area contributed by atoms with Crippen LogP contribution < -0.4 is 5.32 Å². The minimum atomic E-state index is -1.35. The summed E-state index contributed by atoms with van der Waals surface area (Å²) >= 11 is 1.45. The number of carbonyl (C=O) groups excluding carboxylic acids is 1. The molecule has 1 heterocycles. The molecule has 0 saturated heterocycles. The molecule has 8 heteroatoms. The van der Waals surface area contributed by atoms with Gasteiger partial charge in [-0.2, -0.15) is 15.7 Å². The van der Waals surface area contributed by atoms with Crippen molar-refractivity contribution in [2.45, 2.75) is 13.5 Å². The lowest BCUT2D eigenvalue weighted by atomic mass is 10.1. The number of carbonyl (C=O) groups is 1. The van der Waals surface area contributed by atoms with Crippen LogP contribution in [0.5, 0.6) is 0 Å². The molecule has 0 radical (unpaired) electrons. The Labute approximate surface area is 122 Å². The van der Waals surface area contributed by atoms with Gasteiger partial charge in [-0.05, 0) is 34.9 Å². The standard InChI is InChI=1S/C13H10F2N2O3S/c1-7-5-21-6-8(7)4-16-13(18)10-2-9(14)3-11(12(10)15)17(19)20/h2-3,5-6H,4H2,1H3,(H,16,18). The van der Waals surface area contributed by atoms with Crippen LogP contribution in [0, 0.1) is 28.7 Å². The zero-order chi connectivity index (χ0) is 15.6. The van der Waals surface area contributed by atoms with Crippen molar-refractivity contribution in [2.24, 2.45) is 0 Å². The maximum absolute atomic E-state index is 13.8. The molecule has 0 aliphatic rings. The first kappa shape index (κ1) is 15.0. The topological polar surface area (TPSA) is 72.2 Å². The normalized spacial score (nSPS) is 10.4. The molecule has 2 rings (SSSR count). The summed E-state index contributed by atoms with van der Waals surface area (Å²) in [7, 11) is 0. The Morgan fingerprint density at radius 3 is 2.67 bits per heavy atom. The Kier molecular flexibility index (Phi) is 4.27. The third kappa shape index (κ3) is 3.22. The van der Waals surface area contributed by atoms with Gasteiger partial charge in [-0.25, -0.2) is 4.39 Å². The summed E-state index contributed by atoms with van der Waals surface area (Å²) in [5.74, 6) is -3.29. The van der Waals surface area contributed by atoms with E-state index in [1.165, 1.54) is 11.3 Å². The molecule has 110 valence electrons. The average molecular weight is 312 g/mol. The van der Waals surface area contributed by atoms with Crippen LogP contribution in [0.3, 0.4) is 0 Å². The van der Waals surface area contributed by atoms with Gasteiger partial charge in [0.15, 0.2) is 0 Å². The molecular weight excluding hydrogens is 302 g/mol. The number of nitrogens with one attached hydrogen (secondary N) is 1. The van der Waals surface area contributed by atoms with Gasteiger partial charge in [0.2, 0.25) is 5.82 Å². The van der Waals surface area contributed by atoms with Crippen LogP contribution in [0.2, 0.25) is 0 Å². The molecule has 0 saturated carbocycles. The van der Waals surface area contributed by atoms with Crippen molar-refractivity contribution in [2.75, 3.05) is 0 Å². The zero-order valence-corrected chi connectivity index (χ0v) is 11.7. The second-order valence-corrected chi connectivity index (χ2v) is 5.05. The van der Waals surface area contributed by atoms with E-state index >= 15 is 0 Å². The van der Waals surface area contributed by atoms with Gasteiger partial charge in [-0.15, -0.1) is 0 Å². The van der Waals surface area contributed by atoms with Crippen LogP contribution >= 0.6 is 11.3 Å². The third-order valence-electron chi connectivity index (χ3n) is 2.86. The number of benzene rings is 1. The fourth-order valence-electron chi connectivity index (χ4n) is 1.71. The lowest BCUT2D eigenvalue weighted by Gasteiger charge is -2.06. The van der Waals surface area contributed by atoms with E-state index < -0.39 is 33.7 Å². The molecule has 1 aromatic heterocycles. The second-order valence-electron chi connectivity index (χ2n) is 4.31. The first-order chi connectivity index (χ1) is 9.90. The van der Waals surface area contributed by atoms with Crippen LogP contribution in [0.4, 0.5) is 14.5 Å². The summed E-state index contributed by atoms with van der Waals surface area (Å²) in [6.45, 7) is 1.99. The smallest absolute Gasteiger partial charge is 0.308 e. The summed E-state index contributed by atoms with van der Waals surface area (Å²) in [5, 5.41) is 16.7. The molecule has 1 aromatic carbocycles. The summed E-state index contributed by atoms with van der Waals surface area (Å²) in [4.78, 5) is 21.4. The molecule has 21 heavy (non-hydrogen) atoms. The van der Waals surface area contributed by atoms with Crippen molar-refractivity contribution in [3.8, 4) is 0 Å². The molecular formula is C13H10F2N2O3S. The highest BCUT2D eigenvalue weighted by molar-refractivity contribution is 7.08. The minimum absolute atomic E-state index is 0.137. The Morgan fingerprint density at radius 2 is 2.10 bits per heavy atom. The fraction of sp³-hybridized carbons (Fsp3) is 0.154. The van der Waals surface area contributed by atoms with Crippen molar-refractivity contribution in [3.63, 3.8) is 0 Å². The van der Waals surface area contributed by atoms with Gasteiger partial charge in [-0.3, -0.25) is 14.9 Å². The monoisotopic (exact) mass is 312 g/mol. The summed E-state index contributed by atoms with van der Waals surface area (Å²) in [6.07, 6.45) is 0. The summed E-state index contributed by atoms with van der Waals surface area (Å²) < 4.78 is 27.1. The van der Waals surface area contributed by atoms with E-state index in [1.54, 1.807) is 0 Å². The number of halogens is 2. The minimum Gasteiger partial charge on any atom is -0.348 e. The Hall–Kier alpha value is -2.35. The fourth-order valence-corrected chi connectivity index (χ4v) is 2.57. The predicted molar refractivity (Wildman–Crippen MR) is 73.2 cm³/mol. The maximum Gasteiger partial charge on any atom is 0.308 e. The highest BCUT2D eigenvalue weighted by Crippen LogP contribution is 2.22. The van der Waals surface area contributed by atoms with E-state index in [0.29, 0.717) is 12.1 Å². The van der Waals surface area contributed by atoms with Crippen molar-refractivity contribution in [1.29, 1.82) is 0 Å². The average Bonchev–Trinajstić information content (AvgIpc) is 2.83. The van der Waals surface area contributed by atoms with Gasteiger partial charge in [0.25, 0.3) is 5.91 Å². The lowest BCUT2D eigenvalue weighted by Crippen LogP contribution is -2.24. The van der Waals surface area contributed by atoms with E-state index in [1.807, 2.05) is 17.7 Å². The number of rotatable bonds is 4. The molecule has 0 bridgehead atoms. The number of aryl methyl sites for hydroxylation is 1. The highest BCUT2D eigenvalue weighted by atomic mass is 32.1. The summed E-state index contributed by atoms with van der Waals surface area (Å²) in [5.41, 5.74) is 0.0621. The molecule has 0 aliphatic carbocycles. The van der Waals surface area contributed by atoms with Crippen molar-refractivity contribution < 1.29 is 18.5 Å². The molecule has 0 spiro atoms. The number of thiophene rings is 1. The Bertz CT molecular complexity index is 715. The van der Waals surface area contributed by atoms with Crippen molar-refractivity contribution >= 4 is 22.9 Å². The zero-order valence-electron chi connectivity index (χ0n) is 10.9. The molecule has 1 N–H and O–H groups in total. The summed E-state index contributed by atoms with van der Waals surface area (Å²) in [6, 6.07) is 1.08. The molecule has 0 unspecified atom stereocenters. The van der Waals surface area contributed by atoms with Gasteiger partial charge < -0.3 is 5.32 Å². The van der Waals surface area contributed by atoms with E-state index in [4.69, 9.17) is 0 Å². The van der Waals surface area contributed by atoms with E-state index in [0.717, 1.165) is 11.1 Å². The van der Waals surface area contributed by atoms with Gasteiger partial charge in [-0.1, -0.05) is 0 Å². The first-order valence-corrected chi connectivity index (χ1v) is 6.77. The highest BCUT2D eigenvalue weighted by Gasteiger charge is 2.24. The molecule has 2 aromatic rings. The van der Waals surface area contributed by atoms with E-state index in [2.05, 4.69) is 5.32 Å². The van der Waals surface area contributed by atoms with Crippen molar-refractivity contribution in [3.05, 3.63) is 61.3 Å². The van der Waals surface area contributed by atoms with E-state index in [-0.39, 0.29) is 6.54 Å². The molecule has 0 fully saturated rings. The third-order valence-corrected chi connectivity index (χ3v) is 3.77. The van der Waals surface area contributed by atoms with Crippen LogP contribution in [-0.4, -0.2) is 10.8 Å². The van der Waals surface area contributed by atoms with Crippen LogP contribution in [-0.2, 0) is 6.54 Å². The van der Waals surface area contributed by atoms with Gasteiger partial charge in [0.05, 0.1) is 16.6 Å². The van der Waals surface area contributed by atoms with Gasteiger partial charge in [0, 0.05) is 6.54 Å². The van der Waals surface area contributed by atoms with Crippen LogP contribution in [0.25, 0.3) is 0 Å². The molecule has 0 atom stereocenters. The lowest BCUT2D eigenvalue weighted by molar-refractivity contribution is -0.387. The van der Waals surface area contributed by atoms with Crippen molar-refractivity contribution in [1.82, 2.24) is 5.32 Å². The quantitative estimate of drug-likeness (QED) is 0.696. The molecule has 5 nitrogen and oxygen atoms in total. The number of nitro groups is 1. The maximum atomic E-state index is 13.8. The van der Waals surface area contributed by atoms with Gasteiger partial charge >= 0.3 is 5.69 Å². The Balaban J connectivity index is 2.23. The SMILES string of the molecule is Cc1cscc1CNC(=O)c1cc(F)cc([N+](=O)[O-])c1F. The first-order valence-electron chi connectivity index (χ1n) is 5.83. The number of hydrogen-bond acceptors (Lipinski definition) is 4. The number of nitro benzene ring substituents is 1. The second kappa shape index (κ2) is 5.96. The number of hydrogen-bond donors (Lipinski definition) is 1.